The fraction of sp³-hybridized carbons (Fsp3) is 0.429. The van der Waals surface area contributed by atoms with Crippen molar-refractivity contribution in [2.45, 2.75) is 32.0 Å². The largest absolute Gasteiger partial charge is 0.416 e. The van der Waals surface area contributed by atoms with Crippen molar-refractivity contribution in [3.63, 3.8) is 0 Å². The Kier molecular flexibility index (Phi) is 6.88. The van der Waals surface area contributed by atoms with Gasteiger partial charge in [-0.3, -0.25) is 9.59 Å². The minimum absolute atomic E-state index is 0.0999. The number of piperazine rings is 1. The van der Waals surface area contributed by atoms with Crippen molar-refractivity contribution in [3.05, 3.63) is 46.9 Å². The van der Waals surface area contributed by atoms with Crippen LogP contribution in [0.1, 0.15) is 34.4 Å². The number of hydrogen-bond donors (Lipinski definition) is 0. The van der Waals surface area contributed by atoms with Crippen molar-refractivity contribution in [2.24, 2.45) is 0 Å². The van der Waals surface area contributed by atoms with Crippen LogP contribution in [0.3, 0.4) is 0 Å². The van der Waals surface area contributed by atoms with Crippen LogP contribution in [-0.2, 0) is 11.0 Å². The van der Waals surface area contributed by atoms with Gasteiger partial charge in [0.25, 0.3) is 0 Å². The highest BCUT2D eigenvalue weighted by Crippen LogP contribution is 2.32. The molecule has 0 aliphatic carbocycles. The molecule has 0 saturated carbocycles. The third-order valence-corrected chi connectivity index (χ3v) is 5.98. The van der Waals surface area contributed by atoms with Gasteiger partial charge in [0.15, 0.2) is 5.78 Å². The Morgan fingerprint density at radius 2 is 1.77 bits per heavy atom. The predicted octanol–water partition coefficient (Wildman–Crippen LogP) is 3.76. The SMILES string of the molecule is CC(=O)c1c(C)nc(C)nc1SCC(=O)N1CCN(c2cccc(C(F)(F)F)c2)CC1. The molecule has 2 heterocycles. The van der Waals surface area contributed by atoms with E-state index in [1.165, 1.54) is 24.8 Å². The van der Waals surface area contributed by atoms with Gasteiger partial charge in [-0.15, -0.1) is 0 Å². The van der Waals surface area contributed by atoms with E-state index < -0.39 is 11.7 Å². The molecule has 6 nitrogen and oxygen atoms in total. The number of alkyl halides is 3. The fourth-order valence-electron chi connectivity index (χ4n) is 3.51. The molecule has 0 atom stereocenters. The number of aromatic nitrogens is 2. The number of anilines is 1. The number of halogens is 3. The number of aryl methyl sites for hydroxylation is 2. The van der Waals surface area contributed by atoms with Crippen molar-refractivity contribution in [3.8, 4) is 0 Å². The zero-order valence-corrected chi connectivity index (χ0v) is 18.3. The lowest BCUT2D eigenvalue weighted by molar-refractivity contribution is -0.137. The van der Waals surface area contributed by atoms with Gasteiger partial charge in [0.1, 0.15) is 10.9 Å². The van der Waals surface area contributed by atoms with Gasteiger partial charge >= 0.3 is 6.18 Å². The summed E-state index contributed by atoms with van der Waals surface area (Å²) in [7, 11) is 0. The normalized spacial score (nSPS) is 14.6. The van der Waals surface area contributed by atoms with Crippen molar-refractivity contribution in [2.75, 3.05) is 36.8 Å². The molecule has 2 aromatic rings. The second-order valence-corrected chi connectivity index (χ2v) is 8.26. The first-order valence-corrected chi connectivity index (χ1v) is 10.7. The number of carbonyl (C=O) groups excluding carboxylic acids is 2. The van der Waals surface area contributed by atoms with Crippen molar-refractivity contribution >= 4 is 29.1 Å². The Labute approximate surface area is 182 Å². The standard InChI is InChI=1S/C21H23F3N4O2S/c1-13-19(14(2)29)20(26-15(3)25-13)31-12-18(30)28-9-7-27(8-10-28)17-6-4-5-16(11-17)21(22,23)24/h4-6,11H,7-10,12H2,1-3H3. The summed E-state index contributed by atoms with van der Waals surface area (Å²) >= 11 is 1.21. The number of rotatable bonds is 5. The van der Waals surface area contributed by atoms with E-state index in [1.54, 1.807) is 24.8 Å². The molecule has 0 bridgehead atoms. The summed E-state index contributed by atoms with van der Waals surface area (Å²) in [6.45, 7) is 6.64. The maximum atomic E-state index is 13.0. The van der Waals surface area contributed by atoms with Crippen molar-refractivity contribution < 1.29 is 22.8 Å². The highest BCUT2D eigenvalue weighted by molar-refractivity contribution is 8.00. The molecule has 31 heavy (non-hydrogen) atoms. The van der Waals surface area contributed by atoms with E-state index in [1.807, 2.05) is 4.90 Å². The van der Waals surface area contributed by atoms with Crippen LogP contribution < -0.4 is 4.90 Å². The monoisotopic (exact) mass is 452 g/mol. The van der Waals surface area contributed by atoms with Gasteiger partial charge in [0.2, 0.25) is 5.91 Å². The summed E-state index contributed by atoms with van der Waals surface area (Å²) in [6.07, 6.45) is -4.39. The molecule has 1 amide bonds. The lowest BCUT2D eigenvalue weighted by Gasteiger charge is -2.36. The van der Waals surface area contributed by atoms with E-state index in [4.69, 9.17) is 0 Å². The summed E-state index contributed by atoms with van der Waals surface area (Å²) in [5, 5.41) is 0.494. The van der Waals surface area contributed by atoms with E-state index in [0.29, 0.717) is 54.0 Å². The van der Waals surface area contributed by atoms with E-state index in [-0.39, 0.29) is 17.4 Å². The molecule has 1 saturated heterocycles. The molecule has 1 aromatic heterocycles. The Bertz CT molecular complexity index is 989. The zero-order valence-electron chi connectivity index (χ0n) is 17.5. The molecule has 1 fully saturated rings. The van der Waals surface area contributed by atoms with Gasteiger partial charge in [0.05, 0.1) is 22.6 Å². The Balaban J connectivity index is 1.60. The highest BCUT2D eigenvalue weighted by atomic mass is 32.2. The molecule has 0 spiro atoms. The summed E-state index contributed by atoms with van der Waals surface area (Å²) in [5.41, 5.74) is 0.827. The average molecular weight is 453 g/mol. The first-order chi connectivity index (χ1) is 14.6. The highest BCUT2D eigenvalue weighted by Gasteiger charge is 2.31. The molecule has 10 heteroatoms. The molecule has 1 aromatic carbocycles. The first kappa shape index (κ1) is 23.1. The van der Waals surface area contributed by atoms with Gasteiger partial charge in [-0.2, -0.15) is 13.2 Å². The topological polar surface area (TPSA) is 66.4 Å². The number of Topliss-reactive ketones (excluding diaryl/α,β-unsaturated/α-hetero) is 1. The molecular formula is C21H23F3N4O2S. The van der Waals surface area contributed by atoms with E-state index in [0.717, 1.165) is 12.1 Å². The summed E-state index contributed by atoms with van der Waals surface area (Å²) in [4.78, 5) is 36.7. The minimum atomic E-state index is -4.39. The fourth-order valence-corrected chi connectivity index (χ4v) is 4.58. The van der Waals surface area contributed by atoms with Crippen LogP contribution in [0.2, 0.25) is 0 Å². The van der Waals surface area contributed by atoms with Crippen LogP contribution in [0, 0.1) is 13.8 Å². The Morgan fingerprint density at radius 3 is 2.39 bits per heavy atom. The number of carbonyl (C=O) groups is 2. The number of thioether (sulfide) groups is 1. The molecule has 0 N–H and O–H groups in total. The number of ketones is 1. The molecule has 166 valence electrons. The van der Waals surface area contributed by atoms with Crippen molar-refractivity contribution in [1.29, 1.82) is 0 Å². The molecule has 3 rings (SSSR count). The second-order valence-electron chi connectivity index (χ2n) is 7.30. The number of hydrogen-bond acceptors (Lipinski definition) is 6. The van der Waals surface area contributed by atoms with Crippen molar-refractivity contribution in [1.82, 2.24) is 14.9 Å². The van der Waals surface area contributed by atoms with E-state index >= 15 is 0 Å². The second kappa shape index (κ2) is 9.25. The Hall–Kier alpha value is -2.62. The molecule has 1 aliphatic heterocycles. The maximum absolute atomic E-state index is 13.0. The molecule has 0 unspecified atom stereocenters. The number of benzene rings is 1. The third kappa shape index (κ3) is 5.55. The van der Waals surface area contributed by atoms with Crippen LogP contribution >= 0.6 is 11.8 Å². The zero-order chi connectivity index (χ0) is 22.8. The van der Waals surface area contributed by atoms with Crippen LogP contribution in [-0.4, -0.2) is 58.5 Å². The maximum Gasteiger partial charge on any atom is 0.416 e. The first-order valence-electron chi connectivity index (χ1n) is 9.75. The molecule has 0 radical (unpaired) electrons. The lowest BCUT2D eigenvalue weighted by Crippen LogP contribution is -2.49. The summed E-state index contributed by atoms with van der Waals surface area (Å²) in [5.74, 6) is 0.408. The van der Waals surface area contributed by atoms with Gasteiger partial charge in [-0.25, -0.2) is 9.97 Å². The summed E-state index contributed by atoms with van der Waals surface area (Å²) in [6, 6.07) is 5.22. The smallest absolute Gasteiger partial charge is 0.368 e. The van der Waals surface area contributed by atoms with E-state index in [2.05, 4.69) is 9.97 Å². The lowest BCUT2D eigenvalue weighted by atomic mass is 10.1. The Morgan fingerprint density at radius 1 is 1.10 bits per heavy atom. The average Bonchev–Trinajstić information content (AvgIpc) is 2.70. The van der Waals surface area contributed by atoms with Crippen LogP contribution in [0.15, 0.2) is 29.3 Å². The minimum Gasteiger partial charge on any atom is -0.368 e. The van der Waals surface area contributed by atoms with Crippen LogP contribution in [0.5, 0.6) is 0 Å². The van der Waals surface area contributed by atoms with Crippen LogP contribution in [0.4, 0.5) is 18.9 Å². The van der Waals surface area contributed by atoms with E-state index in [9.17, 15) is 22.8 Å². The number of amides is 1. The molecular weight excluding hydrogens is 429 g/mol. The quantitative estimate of drug-likeness (QED) is 0.391. The molecule has 1 aliphatic rings. The van der Waals surface area contributed by atoms with Gasteiger partial charge in [-0.1, -0.05) is 17.8 Å². The number of nitrogens with zero attached hydrogens (tertiary/aromatic N) is 4. The summed E-state index contributed by atoms with van der Waals surface area (Å²) < 4.78 is 38.9. The van der Waals surface area contributed by atoms with Crippen LogP contribution in [0.25, 0.3) is 0 Å². The predicted molar refractivity (Wildman–Crippen MR) is 112 cm³/mol. The van der Waals surface area contributed by atoms with Gasteiger partial charge in [-0.05, 0) is 39.0 Å². The third-order valence-electron chi connectivity index (χ3n) is 5.02. The van der Waals surface area contributed by atoms with Gasteiger partial charge < -0.3 is 9.80 Å². The van der Waals surface area contributed by atoms with Gasteiger partial charge in [0, 0.05) is 31.9 Å².